The van der Waals surface area contributed by atoms with Crippen LogP contribution in [0.15, 0.2) is 40.9 Å². The van der Waals surface area contributed by atoms with E-state index in [1.54, 1.807) is 6.07 Å². The summed E-state index contributed by atoms with van der Waals surface area (Å²) in [6.07, 6.45) is 0.731. The van der Waals surface area contributed by atoms with E-state index in [2.05, 4.69) is 10.5 Å². The second-order valence-corrected chi connectivity index (χ2v) is 4.14. The Morgan fingerprint density at radius 1 is 1.39 bits per heavy atom. The van der Waals surface area contributed by atoms with Crippen molar-refractivity contribution in [3.8, 4) is 0 Å². The Hall–Kier alpha value is -2.10. The summed E-state index contributed by atoms with van der Waals surface area (Å²) in [5.41, 5.74) is 1.39. The summed E-state index contributed by atoms with van der Waals surface area (Å²) < 4.78 is 5.01. The van der Waals surface area contributed by atoms with E-state index < -0.39 is 0 Å². The van der Waals surface area contributed by atoms with Gasteiger partial charge in [0.1, 0.15) is 5.76 Å². The van der Waals surface area contributed by atoms with E-state index in [0.29, 0.717) is 11.5 Å². The molecule has 0 fully saturated rings. The third-order valence-electron chi connectivity index (χ3n) is 2.79. The van der Waals surface area contributed by atoms with E-state index in [-0.39, 0.29) is 11.9 Å². The summed E-state index contributed by atoms with van der Waals surface area (Å²) in [7, 11) is 0. The van der Waals surface area contributed by atoms with Gasteiger partial charge in [0, 0.05) is 12.5 Å². The summed E-state index contributed by atoms with van der Waals surface area (Å²) in [6, 6.07) is 11.4. The largest absolute Gasteiger partial charge is 0.361 e. The summed E-state index contributed by atoms with van der Waals surface area (Å²) >= 11 is 0. The third-order valence-corrected chi connectivity index (χ3v) is 2.79. The molecule has 4 heteroatoms. The van der Waals surface area contributed by atoms with Crippen LogP contribution in [0.2, 0.25) is 0 Å². The number of aromatic nitrogens is 1. The first-order valence-electron chi connectivity index (χ1n) is 6.02. The number of aryl methyl sites for hydroxylation is 1. The third kappa shape index (κ3) is 2.77. The van der Waals surface area contributed by atoms with Crippen LogP contribution >= 0.6 is 0 Å². The molecule has 18 heavy (non-hydrogen) atoms. The first-order valence-corrected chi connectivity index (χ1v) is 6.02. The molecule has 0 unspecified atom stereocenters. The molecule has 1 aromatic carbocycles. The van der Waals surface area contributed by atoms with Gasteiger partial charge in [-0.15, -0.1) is 0 Å². The molecular formula is C14H16N2O2. The number of carbonyl (C=O) groups is 1. The van der Waals surface area contributed by atoms with E-state index in [1.807, 2.05) is 44.2 Å². The molecule has 0 saturated heterocycles. The molecule has 2 aromatic rings. The van der Waals surface area contributed by atoms with Gasteiger partial charge >= 0.3 is 0 Å². The molecule has 2 rings (SSSR count). The summed E-state index contributed by atoms with van der Waals surface area (Å²) in [4.78, 5) is 11.9. The number of nitrogens with one attached hydrogen (secondary N) is 1. The number of rotatable bonds is 4. The lowest BCUT2D eigenvalue weighted by molar-refractivity contribution is 0.0930. The van der Waals surface area contributed by atoms with Crippen LogP contribution in [-0.4, -0.2) is 11.1 Å². The van der Waals surface area contributed by atoms with Gasteiger partial charge in [0.2, 0.25) is 0 Å². The van der Waals surface area contributed by atoms with Crippen LogP contribution in [0.25, 0.3) is 0 Å². The van der Waals surface area contributed by atoms with Gasteiger partial charge in [-0.2, -0.15) is 0 Å². The SMILES string of the molecule is CCc1cc(C(=O)N[C@H](C)c2ccccc2)no1. The Balaban J connectivity index is 2.03. The highest BCUT2D eigenvalue weighted by molar-refractivity contribution is 5.92. The smallest absolute Gasteiger partial charge is 0.273 e. The number of amides is 1. The molecule has 1 N–H and O–H groups in total. The predicted molar refractivity (Wildman–Crippen MR) is 68.2 cm³/mol. The van der Waals surface area contributed by atoms with Crippen LogP contribution in [-0.2, 0) is 6.42 Å². The standard InChI is InChI=1S/C14H16N2O2/c1-3-12-9-13(16-18-12)14(17)15-10(2)11-7-5-4-6-8-11/h4-10H,3H2,1-2H3,(H,15,17)/t10-/m1/s1. The molecule has 1 aromatic heterocycles. The predicted octanol–water partition coefficient (Wildman–Crippen LogP) is 2.73. The normalized spacial score (nSPS) is 12.1. The molecule has 4 nitrogen and oxygen atoms in total. The van der Waals surface area contributed by atoms with Crippen molar-refractivity contribution in [3.05, 3.63) is 53.4 Å². The highest BCUT2D eigenvalue weighted by atomic mass is 16.5. The van der Waals surface area contributed by atoms with Crippen molar-refractivity contribution in [1.29, 1.82) is 0 Å². The molecule has 0 saturated carbocycles. The van der Waals surface area contributed by atoms with Gasteiger partial charge in [-0.1, -0.05) is 42.4 Å². The van der Waals surface area contributed by atoms with Crippen molar-refractivity contribution in [3.63, 3.8) is 0 Å². The van der Waals surface area contributed by atoms with E-state index in [1.165, 1.54) is 0 Å². The zero-order valence-electron chi connectivity index (χ0n) is 10.5. The maximum absolute atomic E-state index is 11.9. The highest BCUT2D eigenvalue weighted by Gasteiger charge is 2.14. The van der Waals surface area contributed by atoms with Crippen LogP contribution < -0.4 is 5.32 Å². The number of hydrogen-bond acceptors (Lipinski definition) is 3. The minimum atomic E-state index is -0.213. The van der Waals surface area contributed by atoms with Gasteiger partial charge in [-0.3, -0.25) is 4.79 Å². The number of nitrogens with zero attached hydrogens (tertiary/aromatic N) is 1. The molecular weight excluding hydrogens is 228 g/mol. The fourth-order valence-corrected chi connectivity index (χ4v) is 1.68. The first kappa shape index (κ1) is 12.4. The molecule has 0 radical (unpaired) electrons. The summed E-state index contributed by atoms with van der Waals surface area (Å²) in [5, 5.41) is 6.64. The van der Waals surface area contributed by atoms with Gasteiger partial charge in [0.05, 0.1) is 6.04 Å². The number of benzene rings is 1. The molecule has 1 heterocycles. The van der Waals surface area contributed by atoms with E-state index in [9.17, 15) is 4.79 Å². The van der Waals surface area contributed by atoms with E-state index in [0.717, 1.165) is 12.0 Å². The van der Waals surface area contributed by atoms with Crippen LogP contribution in [0.3, 0.4) is 0 Å². The van der Waals surface area contributed by atoms with Gasteiger partial charge < -0.3 is 9.84 Å². The van der Waals surface area contributed by atoms with E-state index >= 15 is 0 Å². The van der Waals surface area contributed by atoms with Crippen LogP contribution in [0.5, 0.6) is 0 Å². The van der Waals surface area contributed by atoms with Crippen molar-refractivity contribution in [2.75, 3.05) is 0 Å². The Morgan fingerprint density at radius 3 is 2.72 bits per heavy atom. The highest BCUT2D eigenvalue weighted by Crippen LogP contribution is 2.12. The lowest BCUT2D eigenvalue weighted by Crippen LogP contribution is -2.26. The zero-order valence-corrected chi connectivity index (χ0v) is 10.5. The Kier molecular flexibility index (Phi) is 3.77. The van der Waals surface area contributed by atoms with Gasteiger partial charge in [0.15, 0.2) is 5.69 Å². The number of carbonyl (C=O) groups excluding carboxylic acids is 1. The van der Waals surface area contributed by atoms with Crippen LogP contribution in [0.4, 0.5) is 0 Å². The lowest BCUT2D eigenvalue weighted by atomic mass is 10.1. The lowest BCUT2D eigenvalue weighted by Gasteiger charge is -2.12. The zero-order chi connectivity index (χ0) is 13.0. The summed E-state index contributed by atoms with van der Waals surface area (Å²) in [6.45, 7) is 3.89. The van der Waals surface area contributed by atoms with Gasteiger partial charge in [-0.25, -0.2) is 0 Å². The Bertz CT molecular complexity index is 520. The van der Waals surface area contributed by atoms with E-state index in [4.69, 9.17) is 4.52 Å². The molecule has 94 valence electrons. The number of hydrogen-bond donors (Lipinski definition) is 1. The quantitative estimate of drug-likeness (QED) is 0.899. The molecule has 0 aliphatic heterocycles. The van der Waals surface area contributed by atoms with Crippen molar-refractivity contribution < 1.29 is 9.32 Å². The fraction of sp³-hybridized carbons (Fsp3) is 0.286. The average Bonchev–Trinajstić information content (AvgIpc) is 2.88. The second-order valence-electron chi connectivity index (χ2n) is 4.14. The van der Waals surface area contributed by atoms with Crippen LogP contribution in [0, 0.1) is 0 Å². The Labute approximate surface area is 106 Å². The van der Waals surface area contributed by atoms with Crippen molar-refractivity contribution >= 4 is 5.91 Å². The molecule has 0 spiro atoms. The van der Waals surface area contributed by atoms with Crippen LogP contribution in [0.1, 0.15) is 41.7 Å². The summed E-state index contributed by atoms with van der Waals surface area (Å²) in [5.74, 6) is 0.502. The van der Waals surface area contributed by atoms with Gasteiger partial charge in [0.25, 0.3) is 5.91 Å². The molecule has 0 bridgehead atoms. The Morgan fingerprint density at radius 2 is 2.11 bits per heavy atom. The minimum absolute atomic E-state index is 0.0551. The second kappa shape index (κ2) is 5.49. The molecule has 1 amide bonds. The maximum atomic E-state index is 11.9. The fourth-order valence-electron chi connectivity index (χ4n) is 1.68. The average molecular weight is 244 g/mol. The molecule has 0 aliphatic rings. The topological polar surface area (TPSA) is 55.1 Å². The van der Waals surface area contributed by atoms with Crippen molar-refractivity contribution in [2.24, 2.45) is 0 Å². The van der Waals surface area contributed by atoms with Crippen molar-refractivity contribution in [1.82, 2.24) is 10.5 Å². The van der Waals surface area contributed by atoms with Gasteiger partial charge in [-0.05, 0) is 12.5 Å². The van der Waals surface area contributed by atoms with Crippen molar-refractivity contribution in [2.45, 2.75) is 26.3 Å². The maximum Gasteiger partial charge on any atom is 0.273 e. The molecule has 0 aliphatic carbocycles. The first-order chi connectivity index (χ1) is 8.70. The molecule has 1 atom stereocenters. The monoisotopic (exact) mass is 244 g/mol. The minimum Gasteiger partial charge on any atom is -0.361 e.